The first-order chi connectivity index (χ1) is 9.61. The second-order valence-electron chi connectivity index (χ2n) is 5.02. The van der Waals surface area contributed by atoms with Gasteiger partial charge in [0.25, 0.3) is 0 Å². The van der Waals surface area contributed by atoms with Gasteiger partial charge in [-0.25, -0.2) is 0 Å². The van der Waals surface area contributed by atoms with Crippen molar-refractivity contribution >= 4 is 30.1 Å². The molecule has 118 valence electrons. The van der Waals surface area contributed by atoms with Crippen LogP contribution in [0.25, 0.3) is 0 Å². The highest BCUT2D eigenvalue weighted by atomic mass is 35.5. The maximum absolute atomic E-state index is 12.5. The lowest BCUT2D eigenvalue weighted by Crippen LogP contribution is -2.54. The van der Waals surface area contributed by atoms with Crippen LogP contribution in [0.5, 0.6) is 5.75 Å². The van der Waals surface area contributed by atoms with Gasteiger partial charge in [0.15, 0.2) is 0 Å². The summed E-state index contributed by atoms with van der Waals surface area (Å²) in [4.78, 5) is 15.6. The molecule has 1 aromatic rings. The number of halogens is 1. The van der Waals surface area contributed by atoms with Crippen LogP contribution in [0.15, 0.2) is 29.2 Å². The van der Waals surface area contributed by atoms with Gasteiger partial charge in [-0.3, -0.25) is 4.79 Å². The van der Waals surface area contributed by atoms with Crippen molar-refractivity contribution in [3.63, 3.8) is 0 Å². The number of carbonyl (C=O) groups excluding carboxylic acids is 1. The van der Waals surface area contributed by atoms with Gasteiger partial charge in [0, 0.05) is 30.6 Å². The lowest BCUT2D eigenvalue weighted by Gasteiger charge is -2.35. The molecule has 1 saturated heterocycles. The summed E-state index contributed by atoms with van der Waals surface area (Å²) in [5.41, 5.74) is 0. The summed E-state index contributed by atoms with van der Waals surface area (Å²) in [6, 6.07) is 8.11. The van der Waals surface area contributed by atoms with Crippen molar-refractivity contribution in [2.24, 2.45) is 0 Å². The molecule has 0 aliphatic carbocycles. The van der Waals surface area contributed by atoms with Crippen LogP contribution in [0.2, 0.25) is 0 Å². The Kier molecular flexibility index (Phi) is 7.35. The van der Waals surface area contributed by atoms with Gasteiger partial charge in [-0.1, -0.05) is 0 Å². The fraction of sp³-hybridized carbons (Fsp3) is 0.533. The second kappa shape index (κ2) is 8.51. The molecule has 0 radical (unpaired) electrons. The van der Waals surface area contributed by atoms with E-state index in [-0.39, 0.29) is 29.6 Å². The molecule has 1 amide bonds. The summed E-state index contributed by atoms with van der Waals surface area (Å²) in [5.74, 6) is 1.06. The van der Waals surface area contributed by atoms with Crippen molar-refractivity contribution in [2.75, 3.05) is 26.7 Å². The molecule has 6 heteroatoms. The SMILES string of the molecule is COc1ccc(SC(C)C(=O)N2CCNCC2C)cc1.Cl. The number of rotatable bonds is 4. The van der Waals surface area contributed by atoms with Gasteiger partial charge >= 0.3 is 0 Å². The first kappa shape index (κ1) is 18.1. The summed E-state index contributed by atoms with van der Waals surface area (Å²) in [7, 11) is 1.65. The van der Waals surface area contributed by atoms with Crippen LogP contribution in [-0.2, 0) is 4.79 Å². The molecule has 1 heterocycles. The van der Waals surface area contributed by atoms with Crippen LogP contribution >= 0.6 is 24.2 Å². The van der Waals surface area contributed by atoms with Gasteiger partial charge in [-0.2, -0.15) is 0 Å². The van der Waals surface area contributed by atoms with Crippen LogP contribution in [-0.4, -0.2) is 48.8 Å². The van der Waals surface area contributed by atoms with Crippen LogP contribution < -0.4 is 10.1 Å². The first-order valence-electron chi connectivity index (χ1n) is 6.93. The predicted molar refractivity (Wildman–Crippen MR) is 89.6 cm³/mol. The standard InChI is InChI=1S/C15H22N2O2S.ClH/c1-11-10-16-8-9-17(11)15(18)12(2)20-14-6-4-13(19-3)5-7-14;/h4-7,11-12,16H,8-10H2,1-3H3;1H. The minimum atomic E-state index is -0.0658. The second-order valence-corrected chi connectivity index (χ2v) is 6.43. The molecule has 1 aliphatic heterocycles. The van der Waals surface area contributed by atoms with E-state index in [0.717, 1.165) is 30.3 Å². The van der Waals surface area contributed by atoms with Gasteiger partial charge in [0.2, 0.25) is 5.91 Å². The summed E-state index contributed by atoms with van der Waals surface area (Å²) in [5, 5.41) is 3.24. The van der Waals surface area contributed by atoms with Gasteiger partial charge < -0.3 is 15.0 Å². The maximum Gasteiger partial charge on any atom is 0.236 e. The van der Waals surface area contributed by atoms with Gasteiger partial charge in [0.05, 0.1) is 12.4 Å². The Bertz CT molecular complexity index is 455. The molecule has 0 aromatic heterocycles. The molecular formula is C15H23ClN2O2S. The van der Waals surface area contributed by atoms with Crippen molar-refractivity contribution in [2.45, 2.75) is 30.0 Å². The average Bonchev–Trinajstić information content (AvgIpc) is 2.48. The van der Waals surface area contributed by atoms with Crippen LogP contribution in [0.3, 0.4) is 0 Å². The van der Waals surface area contributed by atoms with Crippen molar-refractivity contribution in [1.82, 2.24) is 10.2 Å². The molecule has 2 unspecified atom stereocenters. The first-order valence-corrected chi connectivity index (χ1v) is 7.81. The number of hydrogen-bond acceptors (Lipinski definition) is 4. The maximum atomic E-state index is 12.5. The third-order valence-electron chi connectivity index (χ3n) is 3.50. The van der Waals surface area contributed by atoms with Crippen LogP contribution in [0, 0.1) is 0 Å². The minimum absolute atomic E-state index is 0. The summed E-state index contributed by atoms with van der Waals surface area (Å²) < 4.78 is 5.14. The fourth-order valence-electron chi connectivity index (χ4n) is 2.31. The third kappa shape index (κ3) is 4.80. The number of ether oxygens (including phenoxy) is 1. The van der Waals surface area contributed by atoms with Crippen LogP contribution in [0.4, 0.5) is 0 Å². The lowest BCUT2D eigenvalue weighted by molar-refractivity contribution is -0.133. The Morgan fingerprint density at radius 3 is 2.67 bits per heavy atom. The topological polar surface area (TPSA) is 41.6 Å². The highest BCUT2D eigenvalue weighted by Gasteiger charge is 2.27. The molecule has 1 fully saturated rings. The largest absolute Gasteiger partial charge is 0.497 e. The fourth-order valence-corrected chi connectivity index (χ4v) is 3.25. The van der Waals surface area contributed by atoms with Gasteiger partial charge in [-0.05, 0) is 38.1 Å². The van der Waals surface area contributed by atoms with E-state index in [0.29, 0.717) is 0 Å². The Hall–Kier alpha value is -0.910. The van der Waals surface area contributed by atoms with E-state index in [1.165, 1.54) is 0 Å². The average molecular weight is 331 g/mol. The Balaban J connectivity index is 0.00000220. The van der Waals surface area contributed by atoms with Crippen molar-refractivity contribution in [1.29, 1.82) is 0 Å². The summed E-state index contributed by atoms with van der Waals surface area (Å²) in [6.45, 7) is 6.63. The number of hydrogen-bond donors (Lipinski definition) is 1. The van der Waals surface area contributed by atoms with E-state index in [1.807, 2.05) is 36.1 Å². The number of benzene rings is 1. The van der Waals surface area contributed by atoms with E-state index in [2.05, 4.69) is 12.2 Å². The number of nitrogens with zero attached hydrogens (tertiary/aromatic N) is 1. The van der Waals surface area contributed by atoms with Crippen molar-refractivity contribution in [3.8, 4) is 5.75 Å². The molecule has 0 saturated carbocycles. The molecule has 2 rings (SSSR count). The zero-order valence-electron chi connectivity index (χ0n) is 12.7. The smallest absolute Gasteiger partial charge is 0.236 e. The number of nitrogens with one attached hydrogen (secondary N) is 1. The molecule has 2 atom stereocenters. The molecular weight excluding hydrogens is 308 g/mol. The Morgan fingerprint density at radius 2 is 2.10 bits per heavy atom. The van der Waals surface area contributed by atoms with Crippen molar-refractivity contribution < 1.29 is 9.53 Å². The van der Waals surface area contributed by atoms with E-state index in [1.54, 1.807) is 18.9 Å². The number of carbonyl (C=O) groups is 1. The van der Waals surface area contributed by atoms with E-state index < -0.39 is 0 Å². The number of amides is 1. The number of piperazine rings is 1. The molecule has 0 bridgehead atoms. The Labute approximate surface area is 137 Å². The molecule has 1 aliphatic rings. The highest BCUT2D eigenvalue weighted by molar-refractivity contribution is 8.00. The normalized spacial score (nSPS) is 19.6. The quantitative estimate of drug-likeness (QED) is 0.861. The van der Waals surface area contributed by atoms with Crippen molar-refractivity contribution in [3.05, 3.63) is 24.3 Å². The summed E-state index contributed by atoms with van der Waals surface area (Å²) >= 11 is 1.60. The van der Waals surface area contributed by atoms with E-state index >= 15 is 0 Å². The molecule has 1 aromatic carbocycles. The number of thioether (sulfide) groups is 1. The molecule has 21 heavy (non-hydrogen) atoms. The van der Waals surface area contributed by atoms with Gasteiger partial charge in [-0.15, -0.1) is 24.2 Å². The molecule has 1 N–H and O–H groups in total. The Morgan fingerprint density at radius 1 is 1.43 bits per heavy atom. The van der Waals surface area contributed by atoms with E-state index in [4.69, 9.17) is 4.74 Å². The zero-order chi connectivity index (χ0) is 14.5. The third-order valence-corrected chi connectivity index (χ3v) is 4.60. The number of methoxy groups -OCH3 is 1. The molecule has 4 nitrogen and oxygen atoms in total. The lowest BCUT2D eigenvalue weighted by atomic mass is 10.2. The monoisotopic (exact) mass is 330 g/mol. The van der Waals surface area contributed by atoms with E-state index in [9.17, 15) is 4.79 Å². The minimum Gasteiger partial charge on any atom is -0.497 e. The predicted octanol–water partition coefficient (Wildman–Crippen LogP) is 2.42. The molecule has 0 spiro atoms. The summed E-state index contributed by atoms with van der Waals surface area (Å²) in [6.07, 6.45) is 0. The highest BCUT2D eigenvalue weighted by Crippen LogP contribution is 2.27. The van der Waals surface area contributed by atoms with Crippen LogP contribution in [0.1, 0.15) is 13.8 Å². The van der Waals surface area contributed by atoms with Gasteiger partial charge in [0.1, 0.15) is 5.75 Å². The zero-order valence-corrected chi connectivity index (χ0v) is 14.3.